The van der Waals surface area contributed by atoms with Crippen LogP contribution in [0.15, 0.2) is 48.5 Å². The van der Waals surface area contributed by atoms with Gasteiger partial charge in [-0.25, -0.2) is 0 Å². The van der Waals surface area contributed by atoms with Crippen LogP contribution in [-0.2, 0) is 13.0 Å². The molecule has 0 radical (unpaired) electrons. The van der Waals surface area contributed by atoms with Gasteiger partial charge in [0.15, 0.2) is 0 Å². The standard InChI is InChI=1S/C15H15ClN2O2.BrH/c16-14-6-4-12(5-7-14)8-9-17-11-13-2-1-3-15(10-13)18(19)20;/h1-7,10,17H,8-9,11H2;1H. The van der Waals surface area contributed by atoms with Crippen LogP contribution in [0.3, 0.4) is 0 Å². The van der Waals surface area contributed by atoms with Crippen molar-refractivity contribution in [2.45, 2.75) is 13.0 Å². The molecule has 2 aromatic rings. The first-order chi connectivity index (χ1) is 9.65. The highest BCUT2D eigenvalue weighted by atomic mass is 79.9. The maximum atomic E-state index is 10.7. The molecule has 0 spiro atoms. The number of nitrogens with one attached hydrogen (secondary N) is 1. The summed E-state index contributed by atoms with van der Waals surface area (Å²) in [6.45, 7) is 1.43. The van der Waals surface area contributed by atoms with Gasteiger partial charge in [0.05, 0.1) is 4.92 Å². The first-order valence-electron chi connectivity index (χ1n) is 6.33. The molecule has 0 saturated heterocycles. The molecule has 0 aliphatic heterocycles. The lowest BCUT2D eigenvalue weighted by atomic mass is 10.1. The number of nitro groups is 1. The molecule has 0 amide bonds. The maximum absolute atomic E-state index is 10.7. The van der Waals surface area contributed by atoms with Gasteiger partial charge in [0.1, 0.15) is 0 Å². The highest BCUT2D eigenvalue weighted by Gasteiger charge is 2.04. The smallest absolute Gasteiger partial charge is 0.269 e. The minimum Gasteiger partial charge on any atom is -0.312 e. The number of nitrogens with zero attached hydrogens (tertiary/aromatic N) is 1. The van der Waals surface area contributed by atoms with E-state index in [1.54, 1.807) is 12.1 Å². The predicted molar refractivity (Wildman–Crippen MR) is 90.3 cm³/mol. The predicted octanol–water partition coefficient (Wildman–Crippen LogP) is 4.16. The molecule has 0 bridgehead atoms. The van der Waals surface area contributed by atoms with Gasteiger partial charge in [-0.15, -0.1) is 17.0 Å². The van der Waals surface area contributed by atoms with Crippen molar-refractivity contribution in [3.63, 3.8) is 0 Å². The topological polar surface area (TPSA) is 55.2 Å². The quantitative estimate of drug-likeness (QED) is 0.471. The normalized spacial score (nSPS) is 9.95. The van der Waals surface area contributed by atoms with Crippen molar-refractivity contribution in [1.29, 1.82) is 0 Å². The van der Waals surface area contributed by atoms with E-state index >= 15 is 0 Å². The van der Waals surface area contributed by atoms with Crippen molar-refractivity contribution in [2.24, 2.45) is 0 Å². The van der Waals surface area contributed by atoms with E-state index in [9.17, 15) is 10.1 Å². The number of hydrogen-bond acceptors (Lipinski definition) is 3. The van der Waals surface area contributed by atoms with Crippen LogP contribution in [0, 0.1) is 10.1 Å². The zero-order valence-electron chi connectivity index (χ0n) is 11.3. The molecule has 2 rings (SSSR count). The Hall–Kier alpha value is -1.43. The molecule has 4 nitrogen and oxygen atoms in total. The zero-order valence-corrected chi connectivity index (χ0v) is 13.8. The second kappa shape index (κ2) is 8.77. The molecule has 1 N–H and O–H groups in total. The van der Waals surface area contributed by atoms with Gasteiger partial charge in [-0.3, -0.25) is 10.1 Å². The SMILES string of the molecule is Br.O=[N+]([O-])c1cccc(CNCCc2ccc(Cl)cc2)c1. The van der Waals surface area contributed by atoms with Crippen LogP contribution in [0.4, 0.5) is 5.69 Å². The Morgan fingerprint density at radius 3 is 2.48 bits per heavy atom. The Morgan fingerprint density at radius 1 is 1.10 bits per heavy atom. The molecule has 0 unspecified atom stereocenters. The summed E-state index contributed by atoms with van der Waals surface area (Å²) in [6.07, 6.45) is 0.895. The highest BCUT2D eigenvalue weighted by molar-refractivity contribution is 8.93. The van der Waals surface area contributed by atoms with Crippen LogP contribution < -0.4 is 5.32 Å². The van der Waals surface area contributed by atoms with Gasteiger partial charge >= 0.3 is 0 Å². The second-order valence-electron chi connectivity index (χ2n) is 4.48. The van der Waals surface area contributed by atoms with Crippen LogP contribution in [-0.4, -0.2) is 11.5 Å². The Kier molecular flexibility index (Phi) is 7.36. The van der Waals surface area contributed by atoms with Crippen LogP contribution in [0.1, 0.15) is 11.1 Å². The van der Waals surface area contributed by atoms with E-state index in [4.69, 9.17) is 11.6 Å². The third-order valence-electron chi connectivity index (χ3n) is 2.95. The van der Waals surface area contributed by atoms with Gasteiger partial charge in [-0.1, -0.05) is 35.9 Å². The Morgan fingerprint density at radius 2 is 1.81 bits per heavy atom. The summed E-state index contributed by atoms with van der Waals surface area (Å²) in [5, 5.41) is 14.7. The number of hydrogen-bond donors (Lipinski definition) is 1. The number of rotatable bonds is 6. The van der Waals surface area contributed by atoms with Crippen molar-refractivity contribution in [3.8, 4) is 0 Å². The Bertz CT molecular complexity index is 590. The minimum atomic E-state index is -0.378. The van der Waals surface area contributed by atoms with Crippen LogP contribution in [0.2, 0.25) is 5.02 Å². The van der Waals surface area contributed by atoms with Crippen LogP contribution in [0.25, 0.3) is 0 Å². The fourth-order valence-electron chi connectivity index (χ4n) is 1.90. The molecule has 0 aliphatic rings. The summed E-state index contributed by atoms with van der Waals surface area (Å²) in [7, 11) is 0. The third kappa shape index (κ3) is 5.83. The van der Waals surface area contributed by atoms with E-state index in [-0.39, 0.29) is 27.6 Å². The molecule has 0 fully saturated rings. The summed E-state index contributed by atoms with van der Waals surface area (Å²) < 4.78 is 0. The lowest BCUT2D eigenvalue weighted by Gasteiger charge is -2.05. The third-order valence-corrected chi connectivity index (χ3v) is 3.21. The van der Waals surface area contributed by atoms with Crippen molar-refractivity contribution < 1.29 is 4.92 Å². The lowest BCUT2D eigenvalue weighted by Crippen LogP contribution is -2.16. The fraction of sp³-hybridized carbons (Fsp3) is 0.200. The zero-order chi connectivity index (χ0) is 14.4. The summed E-state index contributed by atoms with van der Waals surface area (Å²) in [6, 6.07) is 14.4. The van der Waals surface area contributed by atoms with Gasteiger partial charge in [-0.2, -0.15) is 0 Å². The molecule has 0 atom stereocenters. The molecule has 0 saturated carbocycles. The van der Waals surface area contributed by atoms with Gasteiger partial charge in [0.2, 0.25) is 0 Å². The molecule has 112 valence electrons. The van der Waals surface area contributed by atoms with E-state index < -0.39 is 0 Å². The van der Waals surface area contributed by atoms with Crippen molar-refractivity contribution in [3.05, 3.63) is 74.8 Å². The van der Waals surface area contributed by atoms with E-state index in [0.717, 1.165) is 23.6 Å². The van der Waals surface area contributed by atoms with E-state index in [2.05, 4.69) is 5.32 Å². The van der Waals surface area contributed by atoms with Gasteiger partial charge in [0.25, 0.3) is 5.69 Å². The maximum Gasteiger partial charge on any atom is 0.269 e. The highest BCUT2D eigenvalue weighted by Crippen LogP contribution is 2.13. The minimum absolute atomic E-state index is 0. The van der Waals surface area contributed by atoms with Crippen molar-refractivity contribution in [1.82, 2.24) is 5.32 Å². The van der Waals surface area contributed by atoms with E-state index in [0.29, 0.717) is 6.54 Å². The molecule has 0 aliphatic carbocycles. The molecule has 6 heteroatoms. The molecular weight excluding hydrogens is 356 g/mol. The second-order valence-corrected chi connectivity index (χ2v) is 4.92. The summed E-state index contributed by atoms with van der Waals surface area (Å²) in [4.78, 5) is 10.3. The average Bonchev–Trinajstić information content (AvgIpc) is 2.46. The summed E-state index contributed by atoms with van der Waals surface area (Å²) in [5.74, 6) is 0. The number of non-ortho nitro benzene ring substituents is 1. The van der Waals surface area contributed by atoms with Gasteiger partial charge in [0, 0.05) is 23.7 Å². The van der Waals surface area contributed by atoms with Crippen molar-refractivity contribution in [2.75, 3.05) is 6.54 Å². The number of halogens is 2. The number of nitro benzene ring substituents is 1. The first-order valence-corrected chi connectivity index (χ1v) is 6.71. The Balaban J connectivity index is 0.00000220. The average molecular weight is 372 g/mol. The van der Waals surface area contributed by atoms with E-state index in [1.807, 2.05) is 30.3 Å². The summed E-state index contributed by atoms with van der Waals surface area (Å²) in [5.41, 5.74) is 2.25. The lowest BCUT2D eigenvalue weighted by molar-refractivity contribution is -0.384. The molecule has 0 aromatic heterocycles. The largest absolute Gasteiger partial charge is 0.312 e. The van der Waals surface area contributed by atoms with Gasteiger partial charge < -0.3 is 5.32 Å². The van der Waals surface area contributed by atoms with Crippen molar-refractivity contribution >= 4 is 34.3 Å². The fourth-order valence-corrected chi connectivity index (χ4v) is 2.02. The number of benzene rings is 2. The molecule has 0 heterocycles. The molecule has 2 aromatic carbocycles. The summed E-state index contributed by atoms with van der Waals surface area (Å²) >= 11 is 5.82. The first kappa shape index (κ1) is 17.6. The van der Waals surface area contributed by atoms with Gasteiger partial charge in [-0.05, 0) is 36.2 Å². The van der Waals surface area contributed by atoms with Crippen LogP contribution >= 0.6 is 28.6 Å². The molecule has 21 heavy (non-hydrogen) atoms. The van der Waals surface area contributed by atoms with Crippen LogP contribution in [0.5, 0.6) is 0 Å². The van der Waals surface area contributed by atoms with E-state index in [1.165, 1.54) is 11.6 Å². The molecular formula is C15H16BrClN2O2. The monoisotopic (exact) mass is 370 g/mol. The Labute approximate surface area is 139 Å².